The van der Waals surface area contributed by atoms with E-state index in [0.717, 1.165) is 25.7 Å². The lowest BCUT2D eigenvalue weighted by Gasteiger charge is -2.28. The SMILES string of the molecule is C[C@@H]1C[C@H](C)C[C@H](C)[C@H](O)/C(C#N)=C/C=C\C[C@H]([C@@H]2CCC[C@@H]2C(=O)O)OC(=O)C[C@H](O)[C@H](C)C1. The summed E-state index contributed by atoms with van der Waals surface area (Å²) in [6.45, 7) is 8.16. The molecule has 196 valence electrons. The standard InChI is InChI=1S/C28H43NO6/c1-17-12-18(2)14-20(4)27(32)21(16-29)8-5-6-11-25(22-9-7-10-23(22)28(33)34)35-26(31)15-24(30)19(3)13-17/h5-6,8,17-20,22-25,27,30,32H,7,9-15H2,1-4H3,(H,33,34)/b6-5-,21-8+/t17-,18+,19-,20+,22-,23+,24+,25-,27+/m1/s1. The van der Waals surface area contributed by atoms with Crippen molar-refractivity contribution in [2.24, 2.45) is 35.5 Å². The van der Waals surface area contributed by atoms with E-state index >= 15 is 0 Å². The van der Waals surface area contributed by atoms with E-state index < -0.39 is 36.2 Å². The molecule has 0 aromatic heterocycles. The molecule has 7 heteroatoms. The van der Waals surface area contributed by atoms with Crippen molar-refractivity contribution >= 4 is 11.9 Å². The Hall–Kier alpha value is -2.17. The number of aliphatic carboxylic acids is 1. The van der Waals surface area contributed by atoms with Gasteiger partial charge in [-0.3, -0.25) is 9.59 Å². The van der Waals surface area contributed by atoms with E-state index in [2.05, 4.69) is 19.9 Å². The van der Waals surface area contributed by atoms with Crippen LogP contribution >= 0.6 is 0 Å². The summed E-state index contributed by atoms with van der Waals surface area (Å²) in [5.74, 6) is -1.77. The Bertz CT molecular complexity index is 815. The predicted octanol–water partition coefficient (Wildman–Crippen LogP) is 4.64. The molecule has 0 aromatic rings. The third kappa shape index (κ3) is 8.77. The Labute approximate surface area is 209 Å². The molecule has 1 aliphatic carbocycles. The predicted molar refractivity (Wildman–Crippen MR) is 133 cm³/mol. The van der Waals surface area contributed by atoms with E-state index in [4.69, 9.17) is 4.74 Å². The van der Waals surface area contributed by atoms with Gasteiger partial charge in [-0.25, -0.2) is 0 Å². The number of hydrogen-bond donors (Lipinski definition) is 3. The van der Waals surface area contributed by atoms with Crippen LogP contribution in [0.15, 0.2) is 23.8 Å². The molecule has 0 spiro atoms. The van der Waals surface area contributed by atoms with Crippen LogP contribution in [0, 0.1) is 46.8 Å². The van der Waals surface area contributed by atoms with Gasteiger partial charge in [0.25, 0.3) is 0 Å². The topological polar surface area (TPSA) is 128 Å². The van der Waals surface area contributed by atoms with Gasteiger partial charge in [0, 0.05) is 12.3 Å². The molecule has 2 rings (SSSR count). The Balaban J connectivity index is 2.30. The van der Waals surface area contributed by atoms with Crippen molar-refractivity contribution in [1.82, 2.24) is 0 Å². The van der Waals surface area contributed by atoms with Crippen LogP contribution in [0.4, 0.5) is 0 Å². The molecule has 3 N–H and O–H groups in total. The van der Waals surface area contributed by atoms with Crippen molar-refractivity contribution in [1.29, 1.82) is 5.26 Å². The zero-order valence-corrected chi connectivity index (χ0v) is 21.6. The number of nitrogens with zero attached hydrogens (tertiary/aromatic N) is 1. The molecule has 1 saturated carbocycles. The summed E-state index contributed by atoms with van der Waals surface area (Å²) in [6.07, 6.45) is 7.33. The monoisotopic (exact) mass is 489 g/mol. The minimum absolute atomic E-state index is 0.0816. The molecule has 0 saturated heterocycles. The fourth-order valence-corrected chi connectivity index (χ4v) is 5.97. The van der Waals surface area contributed by atoms with E-state index in [1.807, 2.05) is 13.8 Å². The first-order valence-electron chi connectivity index (χ1n) is 13.1. The molecule has 9 atom stereocenters. The van der Waals surface area contributed by atoms with Crippen molar-refractivity contribution < 1.29 is 29.6 Å². The fourth-order valence-electron chi connectivity index (χ4n) is 5.97. The first kappa shape index (κ1) is 29.1. The number of ether oxygens (including phenoxy) is 1. The molecule has 0 bridgehead atoms. The summed E-state index contributed by atoms with van der Waals surface area (Å²) in [7, 11) is 0. The van der Waals surface area contributed by atoms with Gasteiger partial charge < -0.3 is 20.1 Å². The number of aliphatic hydroxyl groups excluding tert-OH is 2. The van der Waals surface area contributed by atoms with Gasteiger partial charge in [0.2, 0.25) is 0 Å². The van der Waals surface area contributed by atoms with Crippen LogP contribution in [0.25, 0.3) is 0 Å². The Morgan fingerprint density at radius 1 is 1.06 bits per heavy atom. The van der Waals surface area contributed by atoms with Gasteiger partial charge >= 0.3 is 11.9 Å². The highest BCUT2D eigenvalue weighted by Gasteiger charge is 2.39. The highest BCUT2D eigenvalue weighted by molar-refractivity contribution is 5.72. The number of cyclic esters (lactones) is 1. The maximum absolute atomic E-state index is 12.7. The van der Waals surface area contributed by atoms with Gasteiger partial charge in [-0.15, -0.1) is 0 Å². The van der Waals surface area contributed by atoms with Crippen molar-refractivity contribution in [3.63, 3.8) is 0 Å². The smallest absolute Gasteiger partial charge is 0.308 e. The van der Waals surface area contributed by atoms with Crippen molar-refractivity contribution in [3.05, 3.63) is 23.8 Å². The number of aliphatic hydroxyl groups is 2. The van der Waals surface area contributed by atoms with Gasteiger partial charge in [-0.1, -0.05) is 46.3 Å². The van der Waals surface area contributed by atoms with Gasteiger partial charge in [-0.05, 0) is 61.9 Å². The van der Waals surface area contributed by atoms with Crippen LogP contribution in [0.3, 0.4) is 0 Å². The number of carbonyl (C=O) groups is 2. The first-order valence-corrected chi connectivity index (χ1v) is 13.1. The quantitative estimate of drug-likeness (QED) is 0.482. The van der Waals surface area contributed by atoms with Gasteiger partial charge in [0.1, 0.15) is 6.10 Å². The third-order valence-electron chi connectivity index (χ3n) is 7.80. The zero-order chi connectivity index (χ0) is 26.1. The van der Waals surface area contributed by atoms with E-state index in [1.54, 1.807) is 18.2 Å². The Morgan fingerprint density at radius 2 is 1.71 bits per heavy atom. The Morgan fingerprint density at radius 3 is 2.34 bits per heavy atom. The summed E-state index contributed by atoms with van der Waals surface area (Å²) in [6, 6.07) is 2.10. The highest BCUT2D eigenvalue weighted by atomic mass is 16.5. The molecule has 0 radical (unpaired) electrons. The molecule has 35 heavy (non-hydrogen) atoms. The molecular weight excluding hydrogens is 446 g/mol. The summed E-state index contributed by atoms with van der Waals surface area (Å²) in [5, 5.41) is 40.6. The van der Waals surface area contributed by atoms with Crippen LogP contribution in [-0.4, -0.2) is 45.6 Å². The molecule has 0 aromatic carbocycles. The molecule has 2 aliphatic rings. The second-order valence-corrected chi connectivity index (χ2v) is 11.1. The van der Waals surface area contributed by atoms with Crippen LogP contribution < -0.4 is 0 Å². The number of rotatable bonds is 2. The number of hydrogen-bond acceptors (Lipinski definition) is 6. The highest BCUT2D eigenvalue weighted by Crippen LogP contribution is 2.37. The largest absolute Gasteiger partial charge is 0.481 e. The molecule has 0 amide bonds. The van der Waals surface area contributed by atoms with Crippen molar-refractivity contribution in [2.45, 2.75) is 97.4 Å². The fraction of sp³-hybridized carbons (Fsp3) is 0.750. The van der Waals surface area contributed by atoms with Crippen LogP contribution in [0.1, 0.15) is 79.1 Å². The second-order valence-electron chi connectivity index (χ2n) is 11.1. The molecule has 0 unspecified atom stereocenters. The number of nitriles is 1. The number of carboxylic acid groups (broad SMARTS) is 1. The average Bonchev–Trinajstić information content (AvgIpc) is 3.27. The molecule has 1 heterocycles. The molecule has 7 nitrogen and oxygen atoms in total. The lowest BCUT2D eigenvalue weighted by atomic mass is 9.82. The third-order valence-corrected chi connectivity index (χ3v) is 7.80. The van der Waals surface area contributed by atoms with E-state index in [0.29, 0.717) is 31.1 Å². The number of esters is 1. The number of carbonyl (C=O) groups excluding carboxylic acids is 1. The minimum Gasteiger partial charge on any atom is -0.481 e. The molecule has 1 fully saturated rings. The van der Waals surface area contributed by atoms with Gasteiger partial charge in [0.05, 0.1) is 36.2 Å². The lowest BCUT2D eigenvalue weighted by Crippen LogP contribution is -2.34. The number of carboxylic acids is 1. The first-order chi connectivity index (χ1) is 16.5. The summed E-state index contributed by atoms with van der Waals surface area (Å²) in [5.41, 5.74) is 0.282. The summed E-state index contributed by atoms with van der Waals surface area (Å²) >= 11 is 0. The average molecular weight is 490 g/mol. The van der Waals surface area contributed by atoms with Crippen molar-refractivity contribution in [3.8, 4) is 6.07 Å². The van der Waals surface area contributed by atoms with E-state index in [1.165, 1.54) is 0 Å². The maximum atomic E-state index is 12.7. The Kier molecular flexibility index (Phi) is 11.5. The van der Waals surface area contributed by atoms with Crippen LogP contribution in [0.2, 0.25) is 0 Å². The van der Waals surface area contributed by atoms with Gasteiger partial charge in [-0.2, -0.15) is 5.26 Å². The summed E-state index contributed by atoms with van der Waals surface area (Å²) < 4.78 is 5.77. The van der Waals surface area contributed by atoms with E-state index in [-0.39, 0.29) is 29.7 Å². The van der Waals surface area contributed by atoms with Crippen LogP contribution in [-0.2, 0) is 14.3 Å². The zero-order valence-electron chi connectivity index (χ0n) is 21.6. The maximum Gasteiger partial charge on any atom is 0.308 e. The minimum atomic E-state index is -0.882. The second kappa shape index (κ2) is 13.8. The number of allylic oxidation sites excluding steroid dienone is 2. The van der Waals surface area contributed by atoms with Gasteiger partial charge in [0.15, 0.2) is 0 Å². The normalized spacial score (nSPS) is 40.9. The molecular formula is C28H43NO6. The molecule has 1 aliphatic heterocycles. The summed E-state index contributed by atoms with van der Waals surface area (Å²) in [4.78, 5) is 24.5. The van der Waals surface area contributed by atoms with Crippen molar-refractivity contribution in [2.75, 3.05) is 0 Å². The lowest BCUT2D eigenvalue weighted by molar-refractivity contribution is -0.159. The van der Waals surface area contributed by atoms with Crippen LogP contribution in [0.5, 0.6) is 0 Å². The van der Waals surface area contributed by atoms with E-state index in [9.17, 15) is 30.2 Å².